The lowest BCUT2D eigenvalue weighted by atomic mass is 9.47. The Labute approximate surface area is 194 Å². The fourth-order valence-corrected chi connectivity index (χ4v) is 7.68. The second-order valence-corrected chi connectivity index (χ2v) is 9.76. The highest BCUT2D eigenvalue weighted by Gasteiger charge is 2.80. The van der Waals surface area contributed by atoms with Gasteiger partial charge in [-0.3, -0.25) is 9.69 Å². The Bertz CT molecular complexity index is 1040. The summed E-state index contributed by atoms with van der Waals surface area (Å²) in [5.74, 6) is -0.617. The summed E-state index contributed by atoms with van der Waals surface area (Å²) in [6, 6.07) is 5.22. The third-order valence-corrected chi connectivity index (χ3v) is 8.62. The predicted molar refractivity (Wildman–Crippen MR) is 121 cm³/mol. The molecule has 4 aliphatic rings. The number of carbonyl (C=O) groups is 2. The van der Waals surface area contributed by atoms with Gasteiger partial charge in [-0.05, 0) is 31.0 Å². The van der Waals surface area contributed by atoms with Crippen molar-refractivity contribution in [3.05, 3.63) is 35.9 Å². The first kappa shape index (κ1) is 22.2. The molecule has 3 heterocycles. The van der Waals surface area contributed by atoms with Crippen molar-refractivity contribution in [2.45, 2.75) is 55.9 Å². The maximum atomic E-state index is 13.5. The van der Waals surface area contributed by atoms with Crippen molar-refractivity contribution >= 4 is 17.6 Å². The molecular weight excluding hydrogens is 424 g/mol. The number of anilines is 1. The van der Waals surface area contributed by atoms with Gasteiger partial charge in [-0.25, -0.2) is 4.79 Å². The molecule has 0 radical (unpaired) electrons. The molecule has 2 fully saturated rings. The zero-order valence-corrected chi connectivity index (χ0v) is 19.8. The van der Waals surface area contributed by atoms with Crippen molar-refractivity contribution in [2.24, 2.45) is 5.41 Å². The standard InChI is InChI=1S/C25H32N2O6/c1-6-23-10-7-12-27-13-11-24(19(23)27)17-9-8-16(31-4)14-18(17)26(3)20(24)25(30,22(29)32-5)21(23)33-15(2)28/h7-10,14,19-21,30H,6,11-13H2,1-5H3/t19?,20?,21-,23-,24-,25+/m1/s1. The van der Waals surface area contributed by atoms with Crippen LogP contribution >= 0.6 is 0 Å². The molecule has 1 spiro atoms. The van der Waals surface area contributed by atoms with Crippen LogP contribution in [0.1, 0.15) is 32.3 Å². The number of esters is 2. The van der Waals surface area contributed by atoms with E-state index in [4.69, 9.17) is 14.2 Å². The summed E-state index contributed by atoms with van der Waals surface area (Å²) in [6.45, 7) is 4.94. The van der Waals surface area contributed by atoms with Gasteiger partial charge in [0.25, 0.3) is 0 Å². The van der Waals surface area contributed by atoms with E-state index in [-0.39, 0.29) is 6.04 Å². The number of aliphatic hydroxyl groups is 1. The van der Waals surface area contributed by atoms with Gasteiger partial charge in [-0.1, -0.05) is 25.1 Å². The van der Waals surface area contributed by atoms with Gasteiger partial charge in [-0.2, -0.15) is 0 Å². The summed E-state index contributed by atoms with van der Waals surface area (Å²) in [5.41, 5.74) is -1.41. The van der Waals surface area contributed by atoms with E-state index in [0.29, 0.717) is 12.2 Å². The van der Waals surface area contributed by atoms with Gasteiger partial charge in [0.05, 0.1) is 20.3 Å². The Morgan fingerprint density at radius 2 is 2.00 bits per heavy atom. The molecule has 1 saturated carbocycles. The predicted octanol–water partition coefficient (Wildman–Crippen LogP) is 1.64. The molecule has 8 heteroatoms. The highest BCUT2D eigenvalue weighted by atomic mass is 16.6. The molecule has 2 unspecified atom stereocenters. The zero-order chi connectivity index (χ0) is 23.8. The summed E-state index contributed by atoms with van der Waals surface area (Å²) < 4.78 is 16.6. The average Bonchev–Trinajstić information content (AvgIpc) is 3.32. The second-order valence-electron chi connectivity index (χ2n) is 9.76. The first-order valence-electron chi connectivity index (χ1n) is 11.5. The van der Waals surface area contributed by atoms with E-state index in [2.05, 4.69) is 23.1 Å². The second kappa shape index (κ2) is 7.21. The quantitative estimate of drug-likeness (QED) is 0.541. The van der Waals surface area contributed by atoms with E-state index in [1.165, 1.54) is 14.0 Å². The van der Waals surface area contributed by atoms with Crippen molar-refractivity contribution in [3.8, 4) is 5.75 Å². The molecule has 8 nitrogen and oxygen atoms in total. The monoisotopic (exact) mass is 456 g/mol. The van der Waals surface area contributed by atoms with Crippen LogP contribution in [0.5, 0.6) is 5.75 Å². The van der Waals surface area contributed by atoms with Crippen LogP contribution < -0.4 is 9.64 Å². The first-order valence-corrected chi connectivity index (χ1v) is 11.5. The van der Waals surface area contributed by atoms with Crippen LogP contribution in [0, 0.1) is 5.41 Å². The molecule has 5 rings (SSSR count). The molecule has 3 aliphatic heterocycles. The van der Waals surface area contributed by atoms with E-state index in [1.54, 1.807) is 7.11 Å². The minimum Gasteiger partial charge on any atom is -0.497 e. The maximum Gasteiger partial charge on any atom is 0.344 e. The fraction of sp³-hybridized carbons (Fsp3) is 0.600. The molecule has 1 aromatic rings. The van der Waals surface area contributed by atoms with E-state index >= 15 is 0 Å². The van der Waals surface area contributed by atoms with Gasteiger partial charge < -0.3 is 24.2 Å². The number of ether oxygens (including phenoxy) is 3. The highest BCUT2D eigenvalue weighted by Crippen LogP contribution is 2.67. The first-order chi connectivity index (χ1) is 15.7. The van der Waals surface area contributed by atoms with Crippen LogP contribution in [0.2, 0.25) is 0 Å². The lowest BCUT2D eigenvalue weighted by molar-refractivity contribution is -0.228. The number of hydrogen-bond acceptors (Lipinski definition) is 8. The van der Waals surface area contributed by atoms with Crippen molar-refractivity contribution in [3.63, 3.8) is 0 Å². The van der Waals surface area contributed by atoms with E-state index in [0.717, 1.165) is 30.8 Å². The zero-order valence-electron chi connectivity index (χ0n) is 19.8. The van der Waals surface area contributed by atoms with E-state index in [9.17, 15) is 14.7 Å². The van der Waals surface area contributed by atoms with Crippen LogP contribution in [-0.4, -0.2) is 80.1 Å². The summed E-state index contributed by atoms with van der Waals surface area (Å²) in [4.78, 5) is 30.2. The van der Waals surface area contributed by atoms with Crippen molar-refractivity contribution in [2.75, 3.05) is 39.3 Å². The van der Waals surface area contributed by atoms with Gasteiger partial charge in [-0.15, -0.1) is 0 Å². The normalized spacial score (nSPS) is 38.4. The van der Waals surface area contributed by atoms with Crippen molar-refractivity contribution in [1.82, 2.24) is 4.90 Å². The SMILES string of the molecule is CC[C@]12C=CCN3CC[C@@]4(c5ccc(OC)cc5N(C)C4[C@@](O)(C(=O)OC)[C@@H]1OC(C)=O)C32. The molecule has 1 aliphatic carbocycles. The summed E-state index contributed by atoms with van der Waals surface area (Å²) in [7, 11) is 4.77. The molecular formula is C25H32N2O6. The van der Waals surface area contributed by atoms with Crippen molar-refractivity contribution in [1.29, 1.82) is 0 Å². The summed E-state index contributed by atoms with van der Waals surface area (Å²) >= 11 is 0. The van der Waals surface area contributed by atoms with Crippen LogP contribution in [0.15, 0.2) is 30.4 Å². The Hall–Kier alpha value is -2.58. The lowest BCUT2D eigenvalue weighted by Crippen LogP contribution is -2.81. The number of nitrogens with zero attached hydrogens (tertiary/aromatic N) is 2. The van der Waals surface area contributed by atoms with Gasteiger partial charge in [0, 0.05) is 49.1 Å². The topological polar surface area (TPSA) is 88.5 Å². The summed E-state index contributed by atoms with van der Waals surface area (Å²) in [6.07, 6.45) is 4.40. The Morgan fingerprint density at radius 1 is 1.24 bits per heavy atom. The maximum absolute atomic E-state index is 13.5. The van der Waals surface area contributed by atoms with Crippen LogP contribution in [0.3, 0.4) is 0 Å². The molecule has 0 bridgehead atoms. The molecule has 0 amide bonds. The molecule has 33 heavy (non-hydrogen) atoms. The Morgan fingerprint density at radius 3 is 2.64 bits per heavy atom. The van der Waals surface area contributed by atoms with Crippen molar-refractivity contribution < 1.29 is 28.9 Å². The molecule has 1 N–H and O–H groups in total. The highest BCUT2D eigenvalue weighted by molar-refractivity contribution is 5.87. The fourth-order valence-electron chi connectivity index (χ4n) is 7.68. The van der Waals surface area contributed by atoms with Crippen LogP contribution in [0.25, 0.3) is 0 Å². The largest absolute Gasteiger partial charge is 0.497 e. The number of hydrogen-bond donors (Lipinski definition) is 1. The van der Waals surface area contributed by atoms with Gasteiger partial charge in [0.2, 0.25) is 5.60 Å². The van der Waals surface area contributed by atoms with Gasteiger partial charge in [0.15, 0.2) is 6.10 Å². The molecule has 1 saturated heterocycles. The number of fused-ring (bicyclic) bond motifs is 1. The number of likely N-dealkylation sites (N-methyl/N-ethyl adjacent to an activating group) is 1. The molecule has 6 atom stereocenters. The number of carbonyl (C=O) groups excluding carboxylic acids is 2. The number of methoxy groups -OCH3 is 2. The summed E-state index contributed by atoms with van der Waals surface area (Å²) in [5, 5.41) is 12.5. The van der Waals surface area contributed by atoms with Crippen LogP contribution in [0.4, 0.5) is 5.69 Å². The molecule has 1 aromatic carbocycles. The lowest BCUT2D eigenvalue weighted by Gasteiger charge is -2.63. The van der Waals surface area contributed by atoms with E-state index in [1.807, 2.05) is 31.0 Å². The third-order valence-electron chi connectivity index (χ3n) is 8.62. The number of benzene rings is 1. The Kier molecular flexibility index (Phi) is 4.85. The Balaban J connectivity index is 1.86. The molecule has 0 aromatic heterocycles. The third kappa shape index (κ3) is 2.48. The minimum absolute atomic E-state index is 0.0589. The smallest absolute Gasteiger partial charge is 0.344 e. The molecule has 178 valence electrons. The van der Waals surface area contributed by atoms with Gasteiger partial charge in [0.1, 0.15) is 5.75 Å². The number of rotatable bonds is 4. The van der Waals surface area contributed by atoms with E-state index < -0.39 is 40.5 Å². The van der Waals surface area contributed by atoms with Gasteiger partial charge >= 0.3 is 11.9 Å². The average molecular weight is 457 g/mol. The van der Waals surface area contributed by atoms with Crippen LogP contribution in [-0.2, 0) is 24.5 Å². The minimum atomic E-state index is -2.08.